The molecule has 186 valence electrons. The molecule has 8 nitrogen and oxygen atoms in total. The quantitative estimate of drug-likeness (QED) is 0.393. The Balaban J connectivity index is 1.56. The van der Waals surface area contributed by atoms with Gasteiger partial charge < -0.3 is 10.6 Å². The van der Waals surface area contributed by atoms with Gasteiger partial charge in [-0.25, -0.2) is 0 Å². The number of nitrogens with one attached hydrogen (secondary N) is 4. The third kappa shape index (κ3) is 7.10. The van der Waals surface area contributed by atoms with Crippen LogP contribution in [0.15, 0.2) is 59.4 Å². The van der Waals surface area contributed by atoms with Crippen LogP contribution in [0.2, 0.25) is 10.0 Å². The van der Waals surface area contributed by atoms with Gasteiger partial charge in [0.2, 0.25) is 0 Å². The average Bonchev–Trinajstić information content (AvgIpc) is 3.29. The van der Waals surface area contributed by atoms with Crippen LogP contribution in [-0.4, -0.2) is 43.2 Å². The second-order valence-corrected chi connectivity index (χ2v) is 8.17. The Morgan fingerprint density at radius 1 is 1.14 bits per heavy atom. The third-order valence-electron chi connectivity index (χ3n) is 4.86. The van der Waals surface area contributed by atoms with Gasteiger partial charge in [0.1, 0.15) is 5.70 Å². The maximum atomic E-state index is 12.8. The van der Waals surface area contributed by atoms with Crippen molar-refractivity contribution < 1.29 is 22.8 Å². The van der Waals surface area contributed by atoms with Gasteiger partial charge in [-0.3, -0.25) is 25.0 Å². The van der Waals surface area contributed by atoms with Crippen LogP contribution in [0.1, 0.15) is 27.5 Å². The minimum atomic E-state index is -4.45. The molecule has 13 heteroatoms. The minimum Gasteiger partial charge on any atom is -0.350 e. The van der Waals surface area contributed by atoms with E-state index in [-0.39, 0.29) is 22.8 Å². The summed E-state index contributed by atoms with van der Waals surface area (Å²) < 4.78 is 38.4. The molecule has 0 radical (unpaired) electrons. The fourth-order valence-corrected chi connectivity index (χ4v) is 3.47. The smallest absolute Gasteiger partial charge is 0.350 e. The molecular weight excluding hydrogens is 508 g/mol. The van der Waals surface area contributed by atoms with E-state index in [1.165, 1.54) is 48.7 Å². The lowest BCUT2D eigenvalue weighted by molar-refractivity contribution is -0.137. The summed E-state index contributed by atoms with van der Waals surface area (Å²) in [6.45, 7) is 0.519. The molecule has 3 rings (SSSR count). The summed E-state index contributed by atoms with van der Waals surface area (Å²) >= 11 is 11.9. The Morgan fingerprint density at radius 3 is 2.51 bits per heavy atom. The lowest BCUT2D eigenvalue weighted by Crippen LogP contribution is -2.42. The van der Waals surface area contributed by atoms with E-state index >= 15 is 0 Å². The largest absolute Gasteiger partial charge is 0.416 e. The van der Waals surface area contributed by atoms with Gasteiger partial charge in [0, 0.05) is 31.0 Å². The highest BCUT2D eigenvalue weighted by Gasteiger charge is 2.30. The number of nitrogens with zero attached hydrogens (tertiary/aromatic N) is 2. The first-order valence-corrected chi connectivity index (χ1v) is 11.0. The van der Waals surface area contributed by atoms with Crippen LogP contribution in [0.5, 0.6) is 0 Å². The summed E-state index contributed by atoms with van der Waals surface area (Å²) in [5.41, 5.74) is 5.52. The van der Waals surface area contributed by atoms with E-state index < -0.39 is 29.6 Å². The van der Waals surface area contributed by atoms with E-state index in [1.807, 2.05) is 0 Å². The monoisotopic (exact) mass is 528 g/mol. The van der Waals surface area contributed by atoms with Crippen LogP contribution in [0, 0.1) is 0 Å². The Morgan fingerprint density at radius 2 is 1.86 bits per heavy atom. The van der Waals surface area contributed by atoms with E-state index in [4.69, 9.17) is 23.2 Å². The molecule has 0 fully saturated rings. The summed E-state index contributed by atoms with van der Waals surface area (Å²) in [6.07, 6.45) is -1.55. The van der Waals surface area contributed by atoms with E-state index in [9.17, 15) is 22.8 Å². The standard InChI is InChI=1S/C22H21Cl2F3N6O2/c1-28-11-18(13-2-4-14(5-3-13)22(25,26)27)30-21(35)19-12-33(32-31-19)9-8-29-20(34)16-10-15(23)6-7-17(16)24/h2-7,10-12,18,31-32H,8-9H2,1H3,(H,29,34)(H,30,35). The Kier molecular flexibility index (Phi) is 8.60. The molecule has 2 amide bonds. The van der Waals surface area contributed by atoms with Crippen LogP contribution < -0.4 is 21.6 Å². The lowest BCUT2D eigenvalue weighted by Gasteiger charge is -2.16. The number of halogens is 5. The summed E-state index contributed by atoms with van der Waals surface area (Å²) in [4.78, 5) is 28.8. The second kappa shape index (κ2) is 11.4. The fraction of sp³-hybridized carbons (Fsp3) is 0.227. The van der Waals surface area contributed by atoms with Crippen molar-refractivity contribution in [3.05, 3.63) is 81.1 Å². The molecule has 0 saturated heterocycles. The van der Waals surface area contributed by atoms with Gasteiger partial charge in [0.05, 0.1) is 28.7 Å². The fourth-order valence-electron chi connectivity index (χ4n) is 3.10. The second-order valence-electron chi connectivity index (χ2n) is 7.33. The lowest BCUT2D eigenvalue weighted by atomic mass is 10.1. The van der Waals surface area contributed by atoms with Crippen LogP contribution in [-0.2, 0) is 11.0 Å². The highest BCUT2D eigenvalue weighted by atomic mass is 35.5. The SMILES string of the molecule is CN=CC(NC(=O)C1=CN(CCNC(=O)c2cc(Cl)ccc2Cl)NN1)c1ccc(C(F)(F)F)cc1. The van der Waals surface area contributed by atoms with E-state index in [0.717, 1.165) is 12.1 Å². The highest BCUT2D eigenvalue weighted by Crippen LogP contribution is 2.29. The number of rotatable bonds is 8. The average molecular weight is 529 g/mol. The Labute approximate surface area is 209 Å². The van der Waals surface area contributed by atoms with Crippen molar-refractivity contribution in [1.29, 1.82) is 0 Å². The maximum absolute atomic E-state index is 12.8. The summed E-state index contributed by atoms with van der Waals surface area (Å²) in [6, 6.07) is 8.28. The highest BCUT2D eigenvalue weighted by molar-refractivity contribution is 6.35. The van der Waals surface area contributed by atoms with Gasteiger partial charge in [-0.05, 0) is 35.9 Å². The van der Waals surface area contributed by atoms with Crippen molar-refractivity contribution in [2.45, 2.75) is 12.2 Å². The number of carbonyl (C=O) groups excluding carboxylic acids is 2. The molecule has 0 aromatic heterocycles. The van der Waals surface area contributed by atoms with E-state index in [2.05, 4.69) is 26.6 Å². The van der Waals surface area contributed by atoms with Gasteiger partial charge in [-0.1, -0.05) is 35.3 Å². The van der Waals surface area contributed by atoms with E-state index in [0.29, 0.717) is 17.1 Å². The molecule has 0 bridgehead atoms. The number of benzene rings is 2. The molecule has 35 heavy (non-hydrogen) atoms. The number of alkyl halides is 3. The molecule has 1 heterocycles. The molecule has 4 N–H and O–H groups in total. The number of aliphatic imine (C=N–C) groups is 1. The number of carbonyl (C=O) groups is 2. The molecule has 1 aliphatic rings. The molecule has 2 aromatic carbocycles. The van der Waals surface area contributed by atoms with Crippen molar-refractivity contribution in [1.82, 2.24) is 26.6 Å². The molecule has 1 atom stereocenters. The molecule has 0 spiro atoms. The number of hydrogen-bond donors (Lipinski definition) is 4. The molecular formula is C22H21Cl2F3N6O2. The Hall–Kier alpha value is -3.28. The van der Waals surface area contributed by atoms with Crippen molar-refractivity contribution in [3.8, 4) is 0 Å². The number of hydrogen-bond acceptors (Lipinski definition) is 6. The number of amides is 2. The maximum Gasteiger partial charge on any atom is 0.416 e. The van der Waals surface area contributed by atoms with E-state index in [1.54, 1.807) is 6.07 Å². The molecule has 1 aliphatic heterocycles. The van der Waals surface area contributed by atoms with Gasteiger partial charge in [0.25, 0.3) is 11.8 Å². The summed E-state index contributed by atoms with van der Waals surface area (Å²) in [5, 5.41) is 7.59. The minimum absolute atomic E-state index is 0.163. The van der Waals surface area contributed by atoms with Crippen molar-refractivity contribution in [2.24, 2.45) is 4.99 Å². The van der Waals surface area contributed by atoms with Crippen LogP contribution in [0.25, 0.3) is 0 Å². The zero-order chi connectivity index (χ0) is 25.6. The molecule has 0 aliphatic carbocycles. The first kappa shape index (κ1) is 26.3. The topological polar surface area (TPSA) is 97.9 Å². The van der Waals surface area contributed by atoms with Gasteiger partial charge in [-0.2, -0.15) is 13.2 Å². The third-order valence-corrected chi connectivity index (χ3v) is 5.42. The Bertz CT molecular complexity index is 1140. The number of hydrazine groups is 2. The molecule has 2 aromatic rings. The normalized spacial score (nSPS) is 14.5. The van der Waals surface area contributed by atoms with Crippen molar-refractivity contribution in [3.63, 3.8) is 0 Å². The van der Waals surface area contributed by atoms with Gasteiger partial charge in [-0.15, -0.1) is 5.53 Å². The predicted octanol–water partition coefficient (Wildman–Crippen LogP) is 3.47. The molecule has 1 unspecified atom stereocenters. The zero-order valence-corrected chi connectivity index (χ0v) is 19.8. The van der Waals surface area contributed by atoms with Gasteiger partial charge >= 0.3 is 6.18 Å². The predicted molar refractivity (Wildman–Crippen MR) is 127 cm³/mol. The summed E-state index contributed by atoms with van der Waals surface area (Å²) in [5.74, 6) is -0.913. The zero-order valence-electron chi connectivity index (χ0n) is 18.3. The first-order valence-electron chi connectivity index (χ1n) is 10.2. The van der Waals surface area contributed by atoms with Crippen LogP contribution in [0.4, 0.5) is 13.2 Å². The van der Waals surface area contributed by atoms with Crippen LogP contribution in [0.3, 0.4) is 0 Å². The van der Waals surface area contributed by atoms with Crippen LogP contribution >= 0.6 is 23.2 Å². The van der Waals surface area contributed by atoms with Gasteiger partial charge in [0.15, 0.2) is 0 Å². The van der Waals surface area contributed by atoms with Crippen molar-refractivity contribution >= 4 is 41.2 Å². The summed E-state index contributed by atoms with van der Waals surface area (Å²) in [7, 11) is 1.49. The van der Waals surface area contributed by atoms with Crippen molar-refractivity contribution in [2.75, 3.05) is 20.1 Å². The first-order chi connectivity index (χ1) is 16.6. The molecule has 0 saturated carbocycles.